The van der Waals surface area contributed by atoms with Crippen LogP contribution < -0.4 is 0 Å². The Labute approximate surface area is 159 Å². The van der Waals surface area contributed by atoms with Gasteiger partial charge in [0.15, 0.2) is 5.82 Å². The van der Waals surface area contributed by atoms with Gasteiger partial charge >= 0.3 is 0 Å². The number of piperidine rings is 2. The molecular weight excluding hydrogens is 352 g/mol. The summed E-state index contributed by atoms with van der Waals surface area (Å²) in [7, 11) is 2.00. The highest BCUT2D eigenvalue weighted by Crippen LogP contribution is 2.29. The van der Waals surface area contributed by atoms with Crippen LogP contribution in [0.1, 0.15) is 56.7 Å². The van der Waals surface area contributed by atoms with Crippen LogP contribution in [-0.4, -0.2) is 81.9 Å². The Hall–Kier alpha value is -2.00. The molecule has 27 heavy (non-hydrogen) atoms. The third-order valence-corrected chi connectivity index (χ3v) is 5.23. The predicted molar refractivity (Wildman–Crippen MR) is 97.2 cm³/mol. The van der Waals surface area contributed by atoms with Crippen LogP contribution in [0.4, 0.5) is 0 Å². The number of carboxylic acid groups (broad SMARTS) is 1. The maximum atomic E-state index is 12.7. The Morgan fingerprint density at radius 3 is 2.44 bits per heavy atom. The van der Waals surface area contributed by atoms with E-state index in [4.69, 9.17) is 14.4 Å². The zero-order chi connectivity index (χ0) is 20.0. The van der Waals surface area contributed by atoms with Gasteiger partial charge in [-0.05, 0) is 26.3 Å². The first-order valence-electron chi connectivity index (χ1n) is 9.44. The molecule has 0 aliphatic carbocycles. The summed E-state index contributed by atoms with van der Waals surface area (Å²) in [6, 6.07) is 0. The van der Waals surface area contributed by atoms with Gasteiger partial charge in [-0.2, -0.15) is 4.98 Å². The van der Waals surface area contributed by atoms with E-state index in [0.717, 1.165) is 25.2 Å². The largest absolute Gasteiger partial charge is 0.483 e. The number of aliphatic hydroxyl groups is 1. The lowest BCUT2D eigenvalue weighted by molar-refractivity contribution is -0.143. The van der Waals surface area contributed by atoms with Gasteiger partial charge in [-0.25, -0.2) is 0 Å². The second kappa shape index (κ2) is 9.80. The zero-order valence-corrected chi connectivity index (χ0v) is 16.2. The number of amides is 1. The van der Waals surface area contributed by atoms with Crippen molar-refractivity contribution in [2.75, 3.05) is 33.2 Å². The molecule has 2 atom stereocenters. The molecule has 9 nitrogen and oxygen atoms in total. The van der Waals surface area contributed by atoms with E-state index < -0.39 is 6.10 Å². The minimum atomic E-state index is -0.518. The summed E-state index contributed by atoms with van der Waals surface area (Å²) >= 11 is 0. The van der Waals surface area contributed by atoms with Crippen LogP contribution in [0.2, 0.25) is 0 Å². The number of nitrogens with zero attached hydrogens (tertiary/aromatic N) is 4. The molecule has 2 saturated heterocycles. The summed E-state index contributed by atoms with van der Waals surface area (Å²) in [5.41, 5.74) is 0. The minimum Gasteiger partial charge on any atom is -0.483 e. The molecule has 0 saturated carbocycles. The molecule has 0 unspecified atom stereocenters. The van der Waals surface area contributed by atoms with Gasteiger partial charge in [0.1, 0.15) is 0 Å². The molecule has 9 heteroatoms. The van der Waals surface area contributed by atoms with Gasteiger partial charge in [0.2, 0.25) is 11.8 Å². The summed E-state index contributed by atoms with van der Waals surface area (Å²) in [5.74, 6) is 1.72. The van der Waals surface area contributed by atoms with Gasteiger partial charge in [0.05, 0.1) is 12.0 Å². The van der Waals surface area contributed by atoms with Crippen molar-refractivity contribution in [2.45, 2.75) is 51.0 Å². The van der Waals surface area contributed by atoms with E-state index in [9.17, 15) is 9.90 Å². The number of hydrogen-bond acceptors (Lipinski definition) is 7. The van der Waals surface area contributed by atoms with Crippen molar-refractivity contribution in [3.63, 3.8) is 0 Å². The second-order valence-corrected chi connectivity index (χ2v) is 7.58. The molecule has 3 rings (SSSR count). The molecule has 2 aliphatic heterocycles. The number of likely N-dealkylation sites (tertiary alicyclic amines) is 2. The molecular formula is C18H30N4O5. The summed E-state index contributed by atoms with van der Waals surface area (Å²) < 4.78 is 5.40. The molecule has 3 heterocycles. The van der Waals surface area contributed by atoms with E-state index >= 15 is 0 Å². The van der Waals surface area contributed by atoms with Crippen molar-refractivity contribution in [1.82, 2.24) is 19.9 Å². The van der Waals surface area contributed by atoms with Crippen LogP contribution >= 0.6 is 0 Å². The van der Waals surface area contributed by atoms with Crippen molar-refractivity contribution in [2.24, 2.45) is 5.92 Å². The fraction of sp³-hybridized carbons (Fsp3) is 0.778. The first kappa shape index (κ1) is 21.3. The molecule has 152 valence electrons. The Balaban J connectivity index is 0.000000817. The fourth-order valence-electron chi connectivity index (χ4n) is 3.57. The lowest BCUT2D eigenvalue weighted by Crippen LogP contribution is -2.51. The van der Waals surface area contributed by atoms with Gasteiger partial charge in [-0.15, -0.1) is 0 Å². The third-order valence-electron chi connectivity index (χ3n) is 5.23. The highest BCUT2D eigenvalue weighted by Gasteiger charge is 2.36. The van der Waals surface area contributed by atoms with Crippen molar-refractivity contribution in [1.29, 1.82) is 0 Å². The van der Waals surface area contributed by atoms with Crippen molar-refractivity contribution in [3.05, 3.63) is 11.7 Å². The van der Waals surface area contributed by atoms with Crippen molar-refractivity contribution >= 4 is 12.4 Å². The summed E-state index contributed by atoms with van der Waals surface area (Å²) in [5, 5.41) is 21.1. The second-order valence-electron chi connectivity index (χ2n) is 7.58. The molecule has 2 aliphatic rings. The van der Waals surface area contributed by atoms with Crippen LogP contribution in [0.3, 0.4) is 0 Å². The van der Waals surface area contributed by atoms with E-state index in [-0.39, 0.29) is 30.1 Å². The molecule has 0 aromatic carbocycles. The van der Waals surface area contributed by atoms with Crippen LogP contribution in [0.25, 0.3) is 0 Å². The van der Waals surface area contributed by atoms with Crippen LogP contribution in [0.5, 0.6) is 0 Å². The summed E-state index contributed by atoms with van der Waals surface area (Å²) in [6.45, 7) is 6.71. The number of rotatable bonds is 3. The number of carbonyl (C=O) groups is 2. The summed E-state index contributed by atoms with van der Waals surface area (Å²) in [4.78, 5) is 29.6. The van der Waals surface area contributed by atoms with Gasteiger partial charge < -0.3 is 24.5 Å². The van der Waals surface area contributed by atoms with Crippen molar-refractivity contribution < 1.29 is 24.3 Å². The van der Waals surface area contributed by atoms with Crippen LogP contribution in [0.15, 0.2) is 4.52 Å². The molecule has 0 spiro atoms. The number of aromatic nitrogens is 2. The van der Waals surface area contributed by atoms with E-state index in [1.807, 2.05) is 25.8 Å². The van der Waals surface area contributed by atoms with Gasteiger partial charge in [-0.1, -0.05) is 19.0 Å². The first-order valence-corrected chi connectivity index (χ1v) is 9.44. The van der Waals surface area contributed by atoms with Crippen molar-refractivity contribution in [3.8, 4) is 0 Å². The highest BCUT2D eigenvalue weighted by atomic mass is 16.5. The number of aliphatic hydroxyl groups excluding tert-OH is 1. The Kier molecular flexibility index (Phi) is 7.73. The summed E-state index contributed by atoms with van der Waals surface area (Å²) in [6.07, 6.45) is 1.83. The average Bonchev–Trinajstić information content (AvgIpc) is 3.14. The molecule has 0 bridgehead atoms. The van der Waals surface area contributed by atoms with E-state index in [1.54, 1.807) is 0 Å². The normalized spacial score (nSPS) is 24.4. The first-order chi connectivity index (χ1) is 12.9. The Morgan fingerprint density at radius 2 is 1.89 bits per heavy atom. The molecule has 2 fully saturated rings. The van der Waals surface area contributed by atoms with Crippen LogP contribution in [0, 0.1) is 5.92 Å². The Morgan fingerprint density at radius 1 is 1.26 bits per heavy atom. The number of carbonyl (C=O) groups excluding carboxylic acids is 1. The predicted octanol–water partition coefficient (Wildman–Crippen LogP) is 0.912. The van der Waals surface area contributed by atoms with Gasteiger partial charge in [0.25, 0.3) is 6.47 Å². The van der Waals surface area contributed by atoms with E-state index in [0.29, 0.717) is 31.9 Å². The monoisotopic (exact) mass is 382 g/mol. The van der Waals surface area contributed by atoms with Crippen LogP contribution in [-0.2, 0) is 9.59 Å². The quantitative estimate of drug-likeness (QED) is 0.740. The smallest absolute Gasteiger partial charge is 0.290 e. The molecule has 1 aromatic heterocycles. The van der Waals surface area contributed by atoms with Gasteiger partial charge in [0, 0.05) is 38.0 Å². The Bertz CT molecular complexity index is 613. The van der Waals surface area contributed by atoms with E-state index in [2.05, 4.69) is 15.0 Å². The molecule has 2 N–H and O–H groups in total. The average molecular weight is 382 g/mol. The maximum absolute atomic E-state index is 12.7. The minimum absolute atomic E-state index is 0.0842. The SMILES string of the molecule is CC(C)c1noc(C2CCN(C(=O)[C@@H]3CN(C)CC[C@H]3O)CC2)n1.O=CO. The van der Waals surface area contributed by atoms with E-state index in [1.165, 1.54) is 0 Å². The molecule has 1 amide bonds. The lowest BCUT2D eigenvalue weighted by atomic mass is 9.91. The zero-order valence-electron chi connectivity index (χ0n) is 16.2. The van der Waals surface area contributed by atoms with Gasteiger partial charge in [-0.3, -0.25) is 9.59 Å². The fourth-order valence-corrected chi connectivity index (χ4v) is 3.57. The molecule has 1 aromatic rings. The maximum Gasteiger partial charge on any atom is 0.290 e. The molecule has 0 radical (unpaired) electrons. The third kappa shape index (κ3) is 5.49. The standard InChI is InChI=1S/C17H28N4O3.CH2O2/c1-11(2)15-18-16(24-19-15)12-4-8-21(9-5-12)17(23)13-10-20(3)7-6-14(13)22;2-1-3/h11-14,22H,4-10H2,1-3H3;1H,(H,2,3)/t13-,14-;/m1./s1. The highest BCUT2D eigenvalue weighted by molar-refractivity contribution is 5.80. The lowest BCUT2D eigenvalue weighted by Gasteiger charge is -2.38. The topological polar surface area (TPSA) is 120 Å². The number of hydrogen-bond donors (Lipinski definition) is 2.